The molecule has 2 aromatic rings. The number of carbonyl (C=O) groups is 3. The minimum atomic E-state index is -0.203. The van der Waals surface area contributed by atoms with Gasteiger partial charge >= 0.3 is 0 Å². The first-order valence-electron chi connectivity index (χ1n) is 11.0. The molecular formula is C23H30N4O4. The lowest BCUT2D eigenvalue weighted by molar-refractivity contribution is -0.142. The molecule has 2 atom stereocenters. The van der Waals surface area contributed by atoms with Crippen molar-refractivity contribution in [1.29, 1.82) is 0 Å². The summed E-state index contributed by atoms with van der Waals surface area (Å²) in [7, 11) is 1.50. The number of rotatable bonds is 3. The van der Waals surface area contributed by atoms with Crippen LogP contribution in [0.25, 0.3) is 10.9 Å². The van der Waals surface area contributed by atoms with Crippen LogP contribution in [-0.4, -0.2) is 78.4 Å². The molecule has 0 spiro atoms. The minimum Gasteiger partial charge on any atom is -0.375 e. The average molecular weight is 427 g/mol. The number of hydrogen-bond donors (Lipinski definition) is 2. The molecule has 0 bridgehead atoms. The van der Waals surface area contributed by atoms with Gasteiger partial charge < -0.3 is 24.8 Å². The monoisotopic (exact) mass is 426 g/mol. The van der Waals surface area contributed by atoms with Crippen LogP contribution in [0.15, 0.2) is 30.5 Å². The van der Waals surface area contributed by atoms with E-state index < -0.39 is 0 Å². The largest absolute Gasteiger partial charge is 0.375 e. The van der Waals surface area contributed by atoms with Crippen molar-refractivity contribution in [2.45, 2.75) is 31.7 Å². The predicted octanol–water partition coefficient (Wildman–Crippen LogP) is 1.77. The van der Waals surface area contributed by atoms with E-state index in [4.69, 9.17) is 4.74 Å². The summed E-state index contributed by atoms with van der Waals surface area (Å²) in [5.74, 6) is -0.459. The van der Waals surface area contributed by atoms with Crippen LogP contribution in [-0.2, 0) is 14.3 Å². The maximum absolute atomic E-state index is 13.4. The molecule has 2 heterocycles. The number of aromatic nitrogens is 1. The summed E-state index contributed by atoms with van der Waals surface area (Å²) < 4.78 is 5.10. The van der Waals surface area contributed by atoms with Gasteiger partial charge in [0.05, 0.1) is 5.92 Å². The number of nitrogens with one attached hydrogen (secondary N) is 2. The zero-order valence-electron chi connectivity index (χ0n) is 17.9. The van der Waals surface area contributed by atoms with E-state index in [0.29, 0.717) is 31.7 Å². The van der Waals surface area contributed by atoms with E-state index in [1.54, 1.807) is 9.80 Å². The molecule has 3 amide bonds. The second kappa shape index (κ2) is 9.51. The number of fused-ring (bicyclic) bond motifs is 2. The van der Waals surface area contributed by atoms with Crippen molar-refractivity contribution in [2.24, 2.45) is 5.92 Å². The van der Waals surface area contributed by atoms with E-state index in [2.05, 4.69) is 10.3 Å². The fraction of sp³-hybridized carbons (Fsp3) is 0.522. The fourth-order valence-corrected chi connectivity index (χ4v) is 4.90. The van der Waals surface area contributed by atoms with Crippen molar-refractivity contribution in [1.82, 2.24) is 20.1 Å². The van der Waals surface area contributed by atoms with Crippen LogP contribution in [0.2, 0.25) is 0 Å². The highest BCUT2D eigenvalue weighted by Gasteiger charge is 2.37. The van der Waals surface area contributed by atoms with Gasteiger partial charge in [-0.15, -0.1) is 0 Å². The summed E-state index contributed by atoms with van der Waals surface area (Å²) in [5, 5.41) is 3.87. The first kappa shape index (κ1) is 21.4. The summed E-state index contributed by atoms with van der Waals surface area (Å²) in [5.41, 5.74) is 1.52. The highest BCUT2D eigenvalue weighted by Crippen LogP contribution is 2.29. The van der Waals surface area contributed by atoms with Gasteiger partial charge in [0.2, 0.25) is 11.8 Å². The van der Waals surface area contributed by atoms with Gasteiger partial charge in [0.15, 0.2) is 0 Å². The van der Waals surface area contributed by atoms with Gasteiger partial charge in [-0.3, -0.25) is 14.4 Å². The lowest BCUT2D eigenvalue weighted by Crippen LogP contribution is -2.56. The first-order valence-corrected chi connectivity index (χ1v) is 11.0. The van der Waals surface area contributed by atoms with Crippen LogP contribution >= 0.6 is 0 Å². The van der Waals surface area contributed by atoms with Crippen molar-refractivity contribution in [3.63, 3.8) is 0 Å². The topological polar surface area (TPSA) is 94.7 Å². The summed E-state index contributed by atoms with van der Waals surface area (Å²) in [6.07, 6.45) is 5.38. The summed E-state index contributed by atoms with van der Waals surface area (Å²) >= 11 is 0. The van der Waals surface area contributed by atoms with E-state index in [0.717, 1.165) is 36.6 Å². The molecule has 166 valence electrons. The van der Waals surface area contributed by atoms with Gasteiger partial charge in [0.25, 0.3) is 5.91 Å². The molecule has 8 nitrogen and oxygen atoms in total. The van der Waals surface area contributed by atoms with Crippen molar-refractivity contribution >= 4 is 28.6 Å². The molecular weight excluding hydrogens is 396 g/mol. The molecule has 1 aliphatic carbocycles. The number of methoxy groups -OCH3 is 1. The van der Waals surface area contributed by atoms with E-state index in [9.17, 15) is 14.4 Å². The lowest BCUT2D eigenvalue weighted by atomic mass is 9.82. The SMILES string of the molecule is COCC(=O)N1CCN(C(=O)c2cccc3[nH]ccc23)CCNC(=O)[C@H]2CCCC[C@H]21. The Balaban J connectivity index is 1.60. The van der Waals surface area contributed by atoms with Gasteiger partial charge in [-0.2, -0.15) is 0 Å². The molecule has 31 heavy (non-hydrogen) atoms. The lowest BCUT2D eigenvalue weighted by Gasteiger charge is -2.41. The molecule has 1 aromatic carbocycles. The third-order valence-corrected chi connectivity index (χ3v) is 6.46. The van der Waals surface area contributed by atoms with Crippen LogP contribution in [0.3, 0.4) is 0 Å². The second-order valence-corrected chi connectivity index (χ2v) is 8.31. The number of hydrogen-bond acceptors (Lipinski definition) is 4. The molecule has 8 heteroatoms. The molecule has 4 rings (SSSR count). The number of benzene rings is 1. The quantitative estimate of drug-likeness (QED) is 0.782. The Morgan fingerprint density at radius 1 is 1.13 bits per heavy atom. The van der Waals surface area contributed by atoms with Crippen molar-refractivity contribution in [2.75, 3.05) is 39.9 Å². The van der Waals surface area contributed by atoms with Crippen molar-refractivity contribution in [3.8, 4) is 0 Å². The normalized spacial score (nSPS) is 22.7. The zero-order chi connectivity index (χ0) is 21.8. The van der Waals surface area contributed by atoms with Crippen LogP contribution in [0.1, 0.15) is 36.0 Å². The molecule has 1 aromatic heterocycles. The first-order chi connectivity index (χ1) is 15.1. The highest BCUT2D eigenvalue weighted by atomic mass is 16.5. The third-order valence-electron chi connectivity index (χ3n) is 6.46. The third kappa shape index (κ3) is 4.44. The molecule has 2 N–H and O–H groups in total. The van der Waals surface area contributed by atoms with E-state index >= 15 is 0 Å². The molecule has 2 aliphatic rings. The Morgan fingerprint density at radius 3 is 2.81 bits per heavy atom. The molecule has 2 fully saturated rings. The Labute approximate surface area is 181 Å². The predicted molar refractivity (Wildman–Crippen MR) is 117 cm³/mol. The molecule has 1 saturated heterocycles. The summed E-state index contributed by atoms with van der Waals surface area (Å²) in [6.45, 7) is 1.58. The number of amides is 3. The Bertz CT molecular complexity index is 956. The van der Waals surface area contributed by atoms with Gasteiger partial charge in [-0.05, 0) is 31.0 Å². The van der Waals surface area contributed by atoms with Crippen LogP contribution in [0, 0.1) is 5.92 Å². The van der Waals surface area contributed by atoms with Gasteiger partial charge in [0, 0.05) is 62.0 Å². The maximum atomic E-state index is 13.4. The average Bonchev–Trinajstić information content (AvgIpc) is 3.27. The number of carbonyl (C=O) groups excluding carboxylic acids is 3. The molecule has 0 unspecified atom stereocenters. The number of aromatic amines is 1. The highest BCUT2D eigenvalue weighted by molar-refractivity contribution is 6.06. The van der Waals surface area contributed by atoms with Crippen molar-refractivity contribution < 1.29 is 19.1 Å². The van der Waals surface area contributed by atoms with Gasteiger partial charge in [-0.25, -0.2) is 0 Å². The Hall–Kier alpha value is -2.87. The number of H-pyrrole nitrogens is 1. The van der Waals surface area contributed by atoms with Crippen LogP contribution < -0.4 is 5.32 Å². The van der Waals surface area contributed by atoms with Gasteiger partial charge in [-0.1, -0.05) is 18.9 Å². The Kier molecular flexibility index (Phi) is 6.56. The van der Waals surface area contributed by atoms with Crippen molar-refractivity contribution in [3.05, 3.63) is 36.0 Å². The zero-order valence-corrected chi connectivity index (χ0v) is 17.9. The fourth-order valence-electron chi connectivity index (χ4n) is 4.90. The van der Waals surface area contributed by atoms with E-state index in [1.807, 2.05) is 30.5 Å². The maximum Gasteiger partial charge on any atom is 0.254 e. The van der Waals surface area contributed by atoms with E-state index in [1.165, 1.54) is 7.11 Å². The Morgan fingerprint density at radius 2 is 1.97 bits per heavy atom. The molecule has 1 saturated carbocycles. The standard InChI is InChI=1S/C23H30N4O4/c1-31-15-21(28)27-14-13-26(12-11-25-22(29)18-5-2-3-8-20(18)27)23(30)17-6-4-7-19-16(17)9-10-24-19/h4,6-7,9-10,18,20,24H,2-3,5,8,11-15H2,1H3,(H,25,29)/t18-,20+/m0/s1. The number of ether oxygens (including phenoxy) is 1. The van der Waals surface area contributed by atoms with Crippen LogP contribution in [0.4, 0.5) is 0 Å². The van der Waals surface area contributed by atoms with E-state index in [-0.39, 0.29) is 36.3 Å². The number of nitrogens with zero attached hydrogens (tertiary/aromatic N) is 2. The summed E-state index contributed by atoms with van der Waals surface area (Å²) in [4.78, 5) is 45.8. The molecule has 1 aliphatic heterocycles. The smallest absolute Gasteiger partial charge is 0.254 e. The van der Waals surface area contributed by atoms with Crippen LogP contribution in [0.5, 0.6) is 0 Å². The minimum absolute atomic E-state index is 0.0260. The molecule has 0 radical (unpaired) electrons. The van der Waals surface area contributed by atoms with Gasteiger partial charge in [0.1, 0.15) is 6.61 Å². The second-order valence-electron chi connectivity index (χ2n) is 8.31. The summed E-state index contributed by atoms with van der Waals surface area (Å²) in [6, 6.07) is 7.35.